The molecule has 0 bridgehead atoms. The van der Waals surface area contributed by atoms with Crippen LogP contribution in [0.25, 0.3) is 11.0 Å². The van der Waals surface area contributed by atoms with Gasteiger partial charge in [0.1, 0.15) is 11.0 Å². The van der Waals surface area contributed by atoms with Crippen LogP contribution in [0.3, 0.4) is 0 Å². The number of nitrogens with two attached hydrogens (primary N) is 1. The molecular formula is C21H23ClN4O. The van der Waals surface area contributed by atoms with Crippen LogP contribution in [-0.2, 0) is 0 Å². The number of carbonyl (C=O) groups is 1. The minimum Gasteiger partial charge on any atom is -0.385 e. The number of amides is 1. The van der Waals surface area contributed by atoms with Gasteiger partial charge in [0.2, 0.25) is 0 Å². The number of aliphatic imine (C=N–C) groups is 1. The first-order valence-corrected chi connectivity index (χ1v) is 9.23. The molecule has 1 heterocycles. The quantitative estimate of drug-likeness (QED) is 0.647. The van der Waals surface area contributed by atoms with E-state index < -0.39 is 0 Å². The van der Waals surface area contributed by atoms with Gasteiger partial charge in [-0.1, -0.05) is 54.1 Å². The zero-order valence-corrected chi connectivity index (χ0v) is 16.1. The van der Waals surface area contributed by atoms with Crippen molar-refractivity contribution >= 4 is 35.2 Å². The Morgan fingerprint density at radius 2 is 1.74 bits per heavy atom. The lowest BCUT2D eigenvalue weighted by Gasteiger charge is -2.41. The van der Waals surface area contributed by atoms with Gasteiger partial charge in [0.25, 0.3) is 5.91 Å². The maximum Gasteiger partial charge on any atom is 0.254 e. The van der Waals surface area contributed by atoms with Crippen LogP contribution in [0.5, 0.6) is 0 Å². The van der Waals surface area contributed by atoms with Crippen molar-refractivity contribution in [2.75, 3.05) is 19.6 Å². The summed E-state index contributed by atoms with van der Waals surface area (Å²) in [5, 5.41) is 1.89. The van der Waals surface area contributed by atoms with E-state index in [0.717, 1.165) is 10.4 Å². The van der Waals surface area contributed by atoms with Crippen LogP contribution in [0.15, 0.2) is 59.6 Å². The number of halogens is 1. The minimum atomic E-state index is 0.0362. The third kappa shape index (κ3) is 3.98. The molecule has 0 saturated carbocycles. The third-order valence-corrected chi connectivity index (χ3v) is 5.14. The molecular weight excluding hydrogens is 360 g/mol. The SMILES string of the molecule is C=N/C(Cl)=c1/cccc/c1=C(/N)N1CCN(C(=O)c2ccccc2)[C@@H](C)C1. The predicted molar refractivity (Wildman–Crippen MR) is 111 cm³/mol. The number of benzene rings is 2. The molecule has 0 unspecified atom stereocenters. The topological polar surface area (TPSA) is 61.9 Å². The van der Waals surface area contributed by atoms with Gasteiger partial charge >= 0.3 is 0 Å². The summed E-state index contributed by atoms with van der Waals surface area (Å²) in [7, 11) is 0. The number of piperazine rings is 1. The van der Waals surface area contributed by atoms with Gasteiger partial charge in [-0.25, -0.2) is 0 Å². The largest absolute Gasteiger partial charge is 0.385 e. The van der Waals surface area contributed by atoms with Crippen LogP contribution in [-0.4, -0.2) is 48.1 Å². The maximum atomic E-state index is 12.8. The van der Waals surface area contributed by atoms with Crippen molar-refractivity contribution in [3.63, 3.8) is 0 Å². The molecule has 0 aliphatic carbocycles. The first-order chi connectivity index (χ1) is 13.0. The smallest absolute Gasteiger partial charge is 0.254 e. The fraction of sp³-hybridized carbons (Fsp3) is 0.238. The molecule has 1 saturated heterocycles. The monoisotopic (exact) mass is 382 g/mol. The van der Waals surface area contributed by atoms with Gasteiger partial charge in [-0.05, 0) is 25.8 Å². The van der Waals surface area contributed by atoms with Gasteiger partial charge in [-0.15, -0.1) is 0 Å². The Labute approximate surface area is 164 Å². The molecule has 6 heteroatoms. The Hall–Kier alpha value is -2.79. The molecule has 2 N–H and O–H groups in total. The summed E-state index contributed by atoms with van der Waals surface area (Å²) in [6.45, 7) is 7.44. The standard InChI is InChI=1S/C21H23ClN4O/c1-15-14-25(12-13-26(15)21(27)16-8-4-3-5-9-16)20(23)18-11-7-6-10-17(18)19(22)24-2/h3-11,15H,2,12-14,23H2,1H3/b19-17-,20-18+/t15-/m0/s1. The van der Waals surface area contributed by atoms with E-state index in [4.69, 9.17) is 17.3 Å². The Morgan fingerprint density at radius 3 is 2.37 bits per heavy atom. The highest BCUT2D eigenvalue weighted by Gasteiger charge is 2.28. The number of hydrogen-bond donors (Lipinski definition) is 1. The normalized spacial score (nSPS) is 19.4. The fourth-order valence-corrected chi connectivity index (χ4v) is 3.53. The van der Waals surface area contributed by atoms with Crippen molar-refractivity contribution in [3.05, 3.63) is 70.6 Å². The average molecular weight is 383 g/mol. The van der Waals surface area contributed by atoms with Crippen LogP contribution in [0.4, 0.5) is 0 Å². The summed E-state index contributed by atoms with van der Waals surface area (Å²) in [5.74, 6) is 0.681. The van der Waals surface area contributed by atoms with Crippen LogP contribution < -0.4 is 16.2 Å². The molecule has 2 aromatic rings. The Morgan fingerprint density at radius 1 is 1.11 bits per heavy atom. The Bertz CT molecular complexity index is 958. The molecule has 27 heavy (non-hydrogen) atoms. The van der Waals surface area contributed by atoms with Crippen molar-refractivity contribution in [2.24, 2.45) is 10.7 Å². The molecule has 0 radical (unpaired) electrons. The molecule has 1 aliphatic heterocycles. The van der Waals surface area contributed by atoms with Gasteiger partial charge in [0, 0.05) is 41.7 Å². The van der Waals surface area contributed by atoms with E-state index >= 15 is 0 Å². The van der Waals surface area contributed by atoms with Gasteiger partial charge in [-0.2, -0.15) is 0 Å². The number of hydrogen-bond acceptors (Lipinski definition) is 4. The van der Waals surface area contributed by atoms with Gasteiger partial charge in [0.05, 0.1) is 0 Å². The predicted octanol–water partition coefficient (Wildman–Crippen LogP) is 1.56. The summed E-state index contributed by atoms with van der Waals surface area (Å²) in [6.07, 6.45) is 0. The van der Waals surface area contributed by atoms with Crippen molar-refractivity contribution in [2.45, 2.75) is 13.0 Å². The summed E-state index contributed by atoms with van der Waals surface area (Å²) in [5.41, 5.74) is 7.17. The summed E-state index contributed by atoms with van der Waals surface area (Å²) in [4.78, 5) is 20.6. The second kappa shape index (κ2) is 8.27. The maximum absolute atomic E-state index is 12.8. The average Bonchev–Trinajstić information content (AvgIpc) is 2.72. The van der Waals surface area contributed by atoms with Crippen molar-refractivity contribution in [3.8, 4) is 0 Å². The molecule has 0 spiro atoms. The minimum absolute atomic E-state index is 0.0362. The van der Waals surface area contributed by atoms with Gasteiger partial charge in [-0.3, -0.25) is 9.79 Å². The molecule has 1 atom stereocenters. The van der Waals surface area contributed by atoms with E-state index in [-0.39, 0.29) is 11.9 Å². The van der Waals surface area contributed by atoms with Crippen LogP contribution in [0.1, 0.15) is 17.3 Å². The van der Waals surface area contributed by atoms with E-state index in [1.807, 2.05) is 66.4 Å². The van der Waals surface area contributed by atoms with Gasteiger partial charge in [0.15, 0.2) is 0 Å². The lowest BCUT2D eigenvalue weighted by atomic mass is 10.1. The fourth-order valence-electron chi connectivity index (χ4n) is 3.37. The summed E-state index contributed by atoms with van der Waals surface area (Å²) >= 11 is 6.19. The molecule has 140 valence electrons. The number of rotatable bonds is 3. The lowest BCUT2D eigenvalue weighted by Crippen LogP contribution is -2.55. The van der Waals surface area contributed by atoms with E-state index in [1.54, 1.807) is 0 Å². The molecule has 1 amide bonds. The molecule has 1 aliphatic rings. The zero-order chi connectivity index (χ0) is 19.4. The van der Waals surface area contributed by atoms with E-state index in [0.29, 0.717) is 36.2 Å². The Kier molecular flexibility index (Phi) is 5.81. The van der Waals surface area contributed by atoms with Gasteiger partial charge < -0.3 is 15.5 Å². The highest BCUT2D eigenvalue weighted by Crippen LogP contribution is 2.15. The summed E-state index contributed by atoms with van der Waals surface area (Å²) < 4.78 is 0. The highest BCUT2D eigenvalue weighted by atomic mass is 35.5. The molecule has 0 aromatic heterocycles. The van der Waals surface area contributed by atoms with Crippen molar-refractivity contribution in [1.82, 2.24) is 9.80 Å². The molecule has 1 fully saturated rings. The number of carbonyl (C=O) groups excluding carboxylic acids is 1. The second-order valence-electron chi connectivity index (χ2n) is 6.54. The van der Waals surface area contributed by atoms with Crippen LogP contribution in [0.2, 0.25) is 0 Å². The van der Waals surface area contributed by atoms with E-state index in [1.165, 1.54) is 0 Å². The molecule has 5 nitrogen and oxygen atoms in total. The van der Waals surface area contributed by atoms with Crippen LogP contribution in [0, 0.1) is 0 Å². The van der Waals surface area contributed by atoms with Crippen molar-refractivity contribution in [1.29, 1.82) is 0 Å². The Balaban J connectivity index is 1.87. The summed E-state index contributed by atoms with van der Waals surface area (Å²) in [6, 6.07) is 17.0. The number of nitrogens with zero attached hydrogens (tertiary/aromatic N) is 3. The third-order valence-electron chi connectivity index (χ3n) is 4.81. The zero-order valence-electron chi connectivity index (χ0n) is 15.3. The first kappa shape index (κ1) is 19.0. The highest BCUT2D eigenvalue weighted by molar-refractivity contribution is 6.45. The molecule has 2 aromatic carbocycles. The second-order valence-corrected chi connectivity index (χ2v) is 6.90. The molecule has 3 rings (SSSR count). The lowest BCUT2D eigenvalue weighted by molar-refractivity contribution is 0.0567. The van der Waals surface area contributed by atoms with Crippen molar-refractivity contribution < 1.29 is 4.79 Å². The van der Waals surface area contributed by atoms with E-state index in [9.17, 15) is 4.79 Å². The first-order valence-electron chi connectivity index (χ1n) is 8.85. The van der Waals surface area contributed by atoms with Crippen LogP contribution >= 0.6 is 11.6 Å². The van der Waals surface area contributed by atoms with E-state index in [2.05, 4.69) is 16.6 Å².